The van der Waals surface area contributed by atoms with Gasteiger partial charge in [0, 0.05) is 37.4 Å². The number of aliphatic hydroxyl groups is 1. The zero-order chi connectivity index (χ0) is 29.8. The van der Waals surface area contributed by atoms with Crippen LogP contribution in [0.5, 0.6) is 0 Å². The van der Waals surface area contributed by atoms with Crippen LogP contribution in [0.25, 0.3) is 0 Å². The van der Waals surface area contributed by atoms with E-state index in [0.717, 1.165) is 37.7 Å². The van der Waals surface area contributed by atoms with Crippen LogP contribution in [0.2, 0.25) is 0 Å². The monoisotopic (exact) mass is 582 g/mol. The molecule has 1 heterocycles. The minimum absolute atomic E-state index is 0.0119. The Labute approximate surface area is 252 Å². The molecule has 5 atom stereocenters. The minimum Gasteiger partial charge on any atom is -0.395 e. The van der Waals surface area contributed by atoms with Gasteiger partial charge in [0.1, 0.15) is 5.82 Å². The van der Waals surface area contributed by atoms with E-state index in [2.05, 4.69) is 22.4 Å². The molecular weight excluding hydrogens is 543 g/mol. The van der Waals surface area contributed by atoms with E-state index in [1.165, 1.54) is 17.7 Å². The summed E-state index contributed by atoms with van der Waals surface area (Å²) in [6.45, 7) is 2.38. The molecule has 3 aliphatic rings. The molecule has 0 radical (unpaired) electrons. The molecular formula is C35H39FN4O3. The van der Waals surface area contributed by atoms with Gasteiger partial charge in [-0.1, -0.05) is 48.5 Å². The zero-order valence-corrected chi connectivity index (χ0v) is 24.4. The average molecular weight is 583 g/mol. The van der Waals surface area contributed by atoms with Crippen molar-refractivity contribution in [2.75, 3.05) is 31.6 Å². The number of benzene rings is 3. The molecule has 1 unspecified atom stereocenters. The maximum absolute atomic E-state index is 13.9. The number of aliphatic hydroxyl groups excluding tert-OH is 1. The van der Waals surface area contributed by atoms with E-state index in [4.69, 9.17) is 4.74 Å². The fraction of sp³-hybridized carbons (Fsp3) is 0.429. The second-order valence-corrected chi connectivity index (χ2v) is 12.3. The van der Waals surface area contributed by atoms with Crippen molar-refractivity contribution in [2.45, 2.75) is 62.3 Å². The van der Waals surface area contributed by atoms with E-state index in [1.54, 1.807) is 12.1 Å². The molecule has 2 aliphatic carbocycles. The van der Waals surface area contributed by atoms with Gasteiger partial charge in [0.25, 0.3) is 0 Å². The average Bonchev–Trinajstić information content (AvgIpc) is 3.64. The maximum atomic E-state index is 13.9. The molecule has 1 saturated heterocycles. The normalized spacial score (nSPS) is 26.3. The number of anilines is 1. The lowest BCUT2D eigenvalue weighted by Crippen LogP contribution is -2.49. The van der Waals surface area contributed by atoms with Crippen LogP contribution in [0.1, 0.15) is 48.8 Å². The summed E-state index contributed by atoms with van der Waals surface area (Å²) in [4.78, 5) is 17.9. The molecule has 224 valence electrons. The number of nitrogens with one attached hydrogen (secondary N) is 1. The Balaban J connectivity index is 1.13. The molecule has 1 aliphatic heterocycles. The quantitative estimate of drug-likeness (QED) is 0.321. The standard InChI is InChI=1S/C35H39FN4O3/c36-29-10-5-11-30(18-29)38-34(42)40(31-12-13-35(20-28(35)17-31)27-9-4-8-26(16-27)21-37)15-14-39-22-33(19-32(39)23-41)43-24-25-6-2-1-3-7-25/h1-11,16,18,28,31-33,41H,12-15,17,19-20,22-24H2,(H,38,42)/t28?,31-,32+,33-,35-/m1/s1. The summed E-state index contributed by atoms with van der Waals surface area (Å²) in [5, 5.41) is 22.5. The number of halogens is 1. The van der Waals surface area contributed by atoms with E-state index in [9.17, 15) is 19.6 Å². The molecule has 2 N–H and O–H groups in total. The van der Waals surface area contributed by atoms with Gasteiger partial charge in [-0.25, -0.2) is 9.18 Å². The van der Waals surface area contributed by atoms with Crippen LogP contribution in [0.15, 0.2) is 78.9 Å². The van der Waals surface area contributed by atoms with Crippen LogP contribution in [0.3, 0.4) is 0 Å². The highest BCUT2D eigenvalue weighted by Gasteiger charge is 2.58. The molecule has 2 saturated carbocycles. The van der Waals surface area contributed by atoms with Crippen molar-refractivity contribution in [3.8, 4) is 6.07 Å². The van der Waals surface area contributed by atoms with E-state index in [-0.39, 0.29) is 36.2 Å². The minimum atomic E-state index is -0.395. The molecule has 0 spiro atoms. The topological polar surface area (TPSA) is 88.8 Å². The van der Waals surface area contributed by atoms with E-state index >= 15 is 0 Å². The number of amides is 2. The Morgan fingerprint density at radius 1 is 1.12 bits per heavy atom. The predicted octanol–water partition coefficient (Wildman–Crippen LogP) is 5.69. The van der Waals surface area contributed by atoms with E-state index in [1.807, 2.05) is 53.4 Å². The molecule has 0 bridgehead atoms. The SMILES string of the molecule is N#Cc1cccc([C@]23CC[C@@H](N(CCN4C[C@H](OCc5ccccc5)C[C@H]4CO)C(=O)Nc4cccc(F)c4)CC2C3)c1. The molecule has 2 amide bonds. The van der Waals surface area contributed by atoms with Gasteiger partial charge in [-0.3, -0.25) is 4.90 Å². The first kappa shape index (κ1) is 29.3. The van der Waals surface area contributed by atoms with Crippen molar-refractivity contribution in [2.24, 2.45) is 5.92 Å². The largest absolute Gasteiger partial charge is 0.395 e. The molecule has 8 heteroatoms. The second kappa shape index (κ2) is 12.8. The highest BCUT2D eigenvalue weighted by Crippen LogP contribution is 2.62. The number of hydrogen-bond acceptors (Lipinski definition) is 5. The van der Waals surface area contributed by atoms with Crippen molar-refractivity contribution >= 4 is 11.7 Å². The lowest BCUT2D eigenvalue weighted by molar-refractivity contribution is 0.0458. The number of carbonyl (C=O) groups excluding carboxylic acids is 1. The molecule has 3 aromatic rings. The number of nitrogens with zero attached hydrogens (tertiary/aromatic N) is 3. The van der Waals surface area contributed by atoms with E-state index in [0.29, 0.717) is 43.4 Å². The number of nitriles is 1. The van der Waals surface area contributed by atoms with Gasteiger partial charge in [0.15, 0.2) is 0 Å². The molecule has 3 fully saturated rings. The van der Waals surface area contributed by atoms with Gasteiger partial charge in [-0.05, 0) is 84.9 Å². The lowest BCUT2D eigenvalue weighted by atomic mass is 9.80. The van der Waals surface area contributed by atoms with Crippen LogP contribution < -0.4 is 5.32 Å². The number of hydrogen-bond donors (Lipinski definition) is 2. The van der Waals surface area contributed by atoms with Crippen LogP contribution in [0.4, 0.5) is 14.9 Å². The van der Waals surface area contributed by atoms with Gasteiger partial charge in [0.2, 0.25) is 0 Å². The van der Waals surface area contributed by atoms with Crippen LogP contribution in [-0.4, -0.2) is 65.4 Å². The highest BCUT2D eigenvalue weighted by atomic mass is 19.1. The second-order valence-electron chi connectivity index (χ2n) is 12.3. The van der Waals surface area contributed by atoms with Crippen molar-refractivity contribution in [1.82, 2.24) is 9.80 Å². The van der Waals surface area contributed by atoms with Crippen LogP contribution in [0, 0.1) is 23.1 Å². The number of urea groups is 1. The summed E-state index contributed by atoms with van der Waals surface area (Å²) >= 11 is 0. The van der Waals surface area contributed by atoms with Crippen LogP contribution >= 0.6 is 0 Å². The third-order valence-electron chi connectivity index (χ3n) is 9.71. The summed E-state index contributed by atoms with van der Waals surface area (Å²) in [5.41, 5.74) is 3.56. The Kier molecular flexibility index (Phi) is 8.75. The van der Waals surface area contributed by atoms with Crippen molar-refractivity contribution in [3.05, 3.63) is 101 Å². The fourth-order valence-corrected chi connectivity index (χ4v) is 7.30. The Morgan fingerprint density at radius 2 is 1.95 bits per heavy atom. The van der Waals surface area contributed by atoms with Crippen molar-refractivity contribution < 1.29 is 19.0 Å². The number of carbonyl (C=O) groups is 1. The third kappa shape index (κ3) is 6.59. The molecule has 6 rings (SSSR count). The lowest BCUT2D eigenvalue weighted by Gasteiger charge is -2.38. The van der Waals surface area contributed by atoms with Crippen molar-refractivity contribution in [3.63, 3.8) is 0 Å². The van der Waals surface area contributed by atoms with Gasteiger partial charge >= 0.3 is 6.03 Å². The van der Waals surface area contributed by atoms with Crippen molar-refractivity contribution in [1.29, 1.82) is 5.26 Å². The summed E-state index contributed by atoms with van der Waals surface area (Å²) in [6.07, 6.45) is 4.53. The molecule has 0 aromatic heterocycles. The van der Waals surface area contributed by atoms with Gasteiger partial charge < -0.3 is 20.1 Å². The van der Waals surface area contributed by atoms with Crippen LogP contribution in [-0.2, 0) is 16.8 Å². The Morgan fingerprint density at radius 3 is 2.72 bits per heavy atom. The molecule has 7 nitrogen and oxygen atoms in total. The summed E-state index contributed by atoms with van der Waals surface area (Å²) in [5.74, 6) is 0.0613. The predicted molar refractivity (Wildman–Crippen MR) is 163 cm³/mol. The first-order chi connectivity index (χ1) is 21.0. The highest BCUT2D eigenvalue weighted by molar-refractivity contribution is 5.89. The number of fused-ring (bicyclic) bond motifs is 1. The Hall–Kier alpha value is -3.77. The molecule has 3 aromatic carbocycles. The first-order valence-electron chi connectivity index (χ1n) is 15.3. The summed E-state index contributed by atoms with van der Waals surface area (Å²) in [7, 11) is 0. The third-order valence-corrected chi connectivity index (χ3v) is 9.71. The van der Waals surface area contributed by atoms with Gasteiger partial charge in [-0.15, -0.1) is 0 Å². The maximum Gasteiger partial charge on any atom is 0.322 e. The fourth-order valence-electron chi connectivity index (χ4n) is 7.30. The summed E-state index contributed by atoms with van der Waals surface area (Å²) < 4.78 is 20.1. The van der Waals surface area contributed by atoms with Gasteiger partial charge in [0.05, 0.1) is 31.0 Å². The first-order valence-corrected chi connectivity index (χ1v) is 15.3. The van der Waals surface area contributed by atoms with Gasteiger partial charge in [-0.2, -0.15) is 5.26 Å². The Bertz CT molecular complexity index is 1460. The summed E-state index contributed by atoms with van der Waals surface area (Å²) in [6, 6.07) is 26.1. The number of rotatable bonds is 10. The molecule has 43 heavy (non-hydrogen) atoms. The zero-order valence-electron chi connectivity index (χ0n) is 24.4. The smallest absolute Gasteiger partial charge is 0.322 e. The van der Waals surface area contributed by atoms with E-state index < -0.39 is 5.82 Å². The number of likely N-dealkylation sites (tertiary alicyclic amines) is 1. The number of ether oxygens (including phenoxy) is 1.